The molecule has 0 aliphatic carbocycles. The first-order valence-corrected chi connectivity index (χ1v) is 6.24. The van der Waals surface area contributed by atoms with Gasteiger partial charge in [0.2, 0.25) is 11.8 Å². The molecule has 1 aromatic carbocycles. The van der Waals surface area contributed by atoms with Crippen molar-refractivity contribution in [3.8, 4) is 17.7 Å². The van der Waals surface area contributed by atoms with Crippen molar-refractivity contribution in [2.75, 3.05) is 0 Å². The molecule has 0 spiro atoms. The maximum atomic E-state index is 11.5. The molecule has 1 heterocycles. The van der Waals surface area contributed by atoms with Gasteiger partial charge >= 0.3 is 0 Å². The van der Waals surface area contributed by atoms with Gasteiger partial charge in [0.15, 0.2) is 0 Å². The number of nitrogens with zero attached hydrogens (tertiary/aromatic N) is 2. The van der Waals surface area contributed by atoms with Crippen molar-refractivity contribution in [1.82, 2.24) is 9.19 Å². The Morgan fingerprint density at radius 3 is 2.90 bits per heavy atom. The lowest BCUT2D eigenvalue weighted by Gasteiger charge is -2.09. The topological polar surface area (TPSA) is 70.1 Å². The summed E-state index contributed by atoms with van der Waals surface area (Å²) < 4.78 is 6.87. The second kappa shape index (κ2) is 6.17. The van der Waals surface area contributed by atoms with Crippen LogP contribution in [0.5, 0.6) is 5.88 Å². The number of thiol groups is 1. The Morgan fingerprint density at radius 1 is 1.50 bits per heavy atom. The van der Waals surface area contributed by atoms with Gasteiger partial charge in [-0.05, 0) is 31.9 Å². The van der Waals surface area contributed by atoms with Gasteiger partial charge in [0, 0.05) is 29.0 Å². The maximum absolute atomic E-state index is 11.5. The summed E-state index contributed by atoms with van der Waals surface area (Å²) in [6, 6.07) is 6.88. The number of nitrogens with two attached hydrogens (primary N) is 1. The van der Waals surface area contributed by atoms with Gasteiger partial charge < -0.3 is 10.5 Å². The summed E-state index contributed by atoms with van der Waals surface area (Å²) in [6.07, 6.45) is 1.64. The Morgan fingerprint density at radius 2 is 2.30 bits per heavy atom. The highest BCUT2D eigenvalue weighted by Crippen LogP contribution is 2.17. The quantitative estimate of drug-likeness (QED) is 0.663. The van der Waals surface area contributed by atoms with Crippen LogP contribution < -0.4 is 10.5 Å². The minimum Gasteiger partial charge on any atom is -0.472 e. The molecule has 1 amide bonds. The van der Waals surface area contributed by atoms with Gasteiger partial charge in [0.25, 0.3) is 0 Å². The lowest BCUT2D eigenvalue weighted by molar-refractivity contribution is 0.0997. The van der Waals surface area contributed by atoms with Crippen LogP contribution in [-0.4, -0.2) is 15.1 Å². The minimum absolute atomic E-state index is 0.161. The molecule has 102 valence electrons. The van der Waals surface area contributed by atoms with Crippen LogP contribution in [0, 0.1) is 11.8 Å². The second-order valence-corrected chi connectivity index (χ2v) is 4.34. The molecule has 0 aliphatic heterocycles. The molecule has 1 aromatic heterocycles. The Bertz CT molecular complexity index is 698. The van der Waals surface area contributed by atoms with Crippen LogP contribution in [0.4, 0.5) is 0 Å². The van der Waals surface area contributed by atoms with E-state index < -0.39 is 5.91 Å². The largest absolute Gasteiger partial charge is 0.472 e. The Balaban J connectivity index is 2.31. The summed E-state index contributed by atoms with van der Waals surface area (Å²) in [5, 5.41) is 3.98. The van der Waals surface area contributed by atoms with Gasteiger partial charge in [-0.1, -0.05) is 12.0 Å². The average molecular weight is 287 g/mol. The summed E-state index contributed by atoms with van der Waals surface area (Å²) in [5.41, 5.74) is 7.15. The lowest BCUT2D eigenvalue weighted by atomic mass is 10.0. The van der Waals surface area contributed by atoms with E-state index in [1.54, 1.807) is 31.3 Å². The van der Waals surface area contributed by atoms with E-state index in [0.29, 0.717) is 22.6 Å². The van der Waals surface area contributed by atoms with E-state index in [1.165, 1.54) is 4.09 Å². The Hall–Kier alpha value is -2.39. The zero-order valence-corrected chi connectivity index (χ0v) is 11.7. The van der Waals surface area contributed by atoms with Crippen molar-refractivity contribution in [3.05, 3.63) is 47.2 Å². The Labute approximate surface area is 122 Å². The van der Waals surface area contributed by atoms with E-state index in [9.17, 15) is 4.79 Å². The molecular formula is C14H13N3O2S. The van der Waals surface area contributed by atoms with E-state index in [1.807, 2.05) is 6.07 Å². The summed E-state index contributed by atoms with van der Waals surface area (Å²) in [7, 11) is 0. The van der Waals surface area contributed by atoms with Crippen LogP contribution in [0.25, 0.3) is 0 Å². The fraction of sp³-hybridized carbons (Fsp3) is 0.143. The first kappa shape index (κ1) is 14.0. The number of hydrogen-bond donors (Lipinski definition) is 2. The molecule has 0 atom stereocenters. The van der Waals surface area contributed by atoms with Crippen molar-refractivity contribution in [3.63, 3.8) is 0 Å². The van der Waals surface area contributed by atoms with Crippen molar-refractivity contribution >= 4 is 18.7 Å². The highest BCUT2D eigenvalue weighted by molar-refractivity contribution is 7.78. The molecule has 0 aliphatic rings. The van der Waals surface area contributed by atoms with Crippen LogP contribution in [-0.2, 0) is 6.61 Å². The number of carbonyl (C=O) groups is 1. The fourth-order valence-corrected chi connectivity index (χ4v) is 1.90. The molecule has 0 saturated carbocycles. The zero-order chi connectivity index (χ0) is 14.5. The molecule has 0 saturated heterocycles. The third-order valence-corrected chi connectivity index (χ3v) is 2.84. The number of amides is 1. The SMILES string of the molecule is CC#Cc1cccc(C(N)=O)c1COc1ccn(S)n1. The second-order valence-electron chi connectivity index (χ2n) is 3.93. The van der Waals surface area contributed by atoms with Crippen molar-refractivity contribution < 1.29 is 9.53 Å². The summed E-state index contributed by atoms with van der Waals surface area (Å²) >= 11 is 4.02. The summed E-state index contributed by atoms with van der Waals surface area (Å²) in [6.45, 7) is 1.89. The van der Waals surface area contributed by atoms with E-state index in [-0.39, 0.29) is 6.61 Å². The fourth-order valence-electron chi connectivity index (χ4n) is 1.75. The molecule has 5 nitrogen and oxygen atoms in total. The smallest absolute Gasteiger partial charge is 0.249 e. The molecule has 2 N–H and O–H groups in total. The highest BCUT2D eigenvalue weighted by Gasteiger charge is 2.12. The van der Waals surface area contributed by atoms with Crippen LogP contribution in [0.2, 0.25) is 0 Å². The predicted octanol–water partition coefficient (Wildman–Crippen LogP) is 1.63. The number of hydrogen-bond acceptors (Lipinski definition) is 4. The van der Waals surface area contributed by atoms with Gasteiger partial charge in [-0.3, -0.25) is 4.79 Å². The number of primary amides is 1. The van der Waals surface area contributed by atoms with Gasteiger partial charge in [-0.15, -0.1) is 11.0 Å². The standard InChI is InChI=1S/C14H13N3O2S/c1-2-4-10-5-3-6-11(14(15)18)12(10)9-19-13-7-8-17(20)16-13/h3,5-8,20H,9H2,1H3,(H2,15,18). The van der Waals surface area contributed by atoms with Gasteiger partial charge in [0.1, 0.15) is 6.61 Å². The maximum Gasteiger partial charge on any atom is 0.249 e. The first-order valence-electron chi connectivity index (χ1n) is 5.84. The number of benzene rings is 1. The zero-order valence-electron chi connectivity index (χ0n) is 10.8. The number of rotatable bonds is 4. The molecule has 0 unspecified atom stereocenters. The third-order valence-electron chi connectivity index (χ3n) is 2.62. The molecular weight excluding hydrogens is 274 g/mol. The molecule has 6 heteroatoms. The van der Waals surface area contributed by atoms with Crippen molar-refractivity contribution in [2.24, 2.45) is 5.73 Å². The molecule has 0 fully saturated rings. The Kier molecular flexibility index (Phi) is 4.33. The van der Waals surface area contributed by atoms with Gasteiger partial charge in [-0.25, -0.2) is 4.09 Å². The van der Waals surface area contributed by atoms with Crippen LogP contribution in [0.3, 0.4) is 0 Å². The normalized spacial score (nSPS) is 9.70. The van der Waals surface area contributed by atoms with Crippen molar-refractivity contribution in [2.45, 2.75) is 13.5 Å². The van der Waals surface area contributed by atoms with E-state index in [4.69, 9.17) is 10.5 Å². The summed E-state index contributed by atoms with van der Waals surface area (Å²) in [4.78, 5) is 11.5. The number of ether oxygens (including phenoxy) is 1. The van der Waals surface area contributed by atoms with Crippen LogP contribution in [0.15, 0.2) is 30.5 Å². The van der Waals surface area contributed by atoms with Gasteiger partial charge in [0.05, 0.1) is 0 Å². The predicted molar refractivity (Wildman–Crippen MR) is 78.5 cm³/mol. The minimum atomic E-state index is -0.511. The number of aromatic nitrogens is 2. The van der Waals surface area contributed by atoms with Crippen molar-refractivity contribution in [1.29, 1.82) is 0 Å². The molecule has 0 bridgehead atoms. The lowest BCUT2D eigenvalue weighted by Crippen LogP contribution is -2.16. The molecule has 2 aromatic rings. The highest BCUT2D eigenvalue weighted by atomic mass is 32.1. The van der Waals surface area contributed by atoms with E-state index in [0.717, 1.165) is 0 Å². The van der Waals surface area contributed by atoms with Crippen LogP contribution >= 0.6 is 12.8 Å². The van der Waals surface area contributed by atoms with Gasteiger partial charge in [-0.2, -0.15) is 0 Å². The molecule has 2 rings (SSSR count). The molecule has 20 heavy (non-hydrogen) atoms. The monoisotopic (exact) mass is 287 g/mol. The van der Waals surface area contributed by atoms with E-state index in [2.05, 4.69) is 29.8 Å². The number of carbonyl (C=O) groups excluding carboxylic acids is 1. The third kappa shape index (κ3) is 3.13. The average Bonchev–Trinajstić information content (AvgIpc) is 2.83. The molecule has 0 radical (unpaired) electrons. The van der Waals surface area contributed by atoms with Crippen LogP contribution in [0.1, 0.15) is 28.4 Å². The summed E-state index contributed by atoms with van der Waals surface area (Å²) in [5.74, 6) is 5.64. The van der Waals surface area contributed by atoms with E-state index >= 15 is 0 Å². The first-order chi connectivity index (χ1) is 9.61.